The Bertz CT molecular complexity index is 867. The Morgan fingerprint density at radius 3 is 2.45 bits per heavy atom. The lowest BCUT2D eigenvalue weighted by atomic mass is 10.2. The Balaban J connectivity index is 1.51. The van der Waals surface area contributed by atoms with Crippen molar-refractivity contribution >= 4 is 21.8 Å². The number of morpholine rings is 1. The Kier molecular flexibility index (Phi) is 6.87. The van der Waals surface area contributed by atoms with Crippen molar-refractivity contribution in [1.82, 2.24) is 13.5 Å². The Hall–Kier alpha value is -2.03. The van der Waals surface area contributed by atoms with Crippen LogP contribution in [-0.2, 0) is 19.7 Å². The summed E-state index contributed by atoms with van der Waals surface area (Å²) in [4.78, 5) is 14.2. The van der Waals surface area contributed by atoms with Gasteiger partial charge in [0.1, 0.15) is 0 Å². The van der Waals surface area contributed by atoms with Gasteiger partial charge in [0.15, 0.2) is 0 Å². The number of amides is 1. The fourth-order valence-corrected chi connectivity index (χ4v) is 5.42. The van der Waals surface area contributed by atoms with Crippen LogP contribution in [0, 0.1) is 11.3 Å². The molecule has 29 heavy (non-hydrogen) atoms. The first-order valence-corrected chi connectivity index (χ1v) is 11.1. The maximum absolute atomic E-state index is 12.9. The van der Waals surface area contributed by atoms with Crippen LogP contribution in [0.25, 0.3) is 0 Å². The highest BCUT2D eigenvalue weighted by Gasteiger charge is 2.36. The van der Waals surface area contributed by atoms with Gasteiger partial charge < -0.3 is 10.1 Å². The van der Waals surface area contributed by atoms with Crippen molar-refractivity contribution in [1.29, 1.82) is 5.26 Å². The maximum atomic E-state index is 12.9. The molecule has 1 aromatic carbocycles. The van der Waals surface area contributed by atoms with E-state index in [0.29, 0.717) is 50.5 Å². The zero-order valence-electron chi connectivity index (χ0n) is 16.7. The van der Waals surface area contributed by atoms with Gasteiger partial charge in [-0.15, -0.1) is 0 Å². The van der Waals surface area contributed by atoms with Gasteiger partial charge in [0.25, 0.3) is 10.2 Å². The van der Waals surface area contributed by atoms with Crippen molar-refractivity contribution in [2.24, 2.45) is 0 Å². The predicted octanol–water partition coefficient (Wildman–Crippen LogP) is 0.468. The number of nitrogens with zero attached hydrogens (tertiary/aromatic N) is 4. The van der Waals surface area contributed by atoms with Crippen LogP contribution in [0.2, 0.25) is 0 Å². The summed E-state index contributed by atoms with van der Waals surface area (Å²) < 4.78 is 34.5. The molecule has 2 atom stereocenters. The molecule has 1 aromatic rings. The fraction of sp³-hybridized carbons (Fsp3) is 0.579. The molecule has 1 N–H and O–H groups in total. The van der Waals surface area contributed by atoms with Crippen LogP contribution in [0.15, 0.2) is 24.3 Å². The second kappa shape index (κ2) is 9.19. The third-order valence-corrected chi connectivity index (χ3v) is 6.98. The molecule has 3 rings (SSSR count). The molecule has 0 spiro atoms. The third-order valence-electron chi connectivity index (χ3n) is 5.01. The van der Waals surface area contributed by atoms with Gasteiger partial charge in [0.05, 0.1) is 30.4 Å². The molecule has 2 heterocycles. The van der Waals surface area contributed by atoms with Crippen LogP contribution in [0.5, 0.6) is 0 Å². The molecule has 1 amide bonds. The smallest absolute Gasteiger partial charge is 0.282 e. The van der Waals surface area contributed by atoms with Crippen molar-refractivity contribution in [2.75, 3.05) is 51.1 Å². The highest BCUT2D eigenvalue weighted by atomic mass is 32.2. The van der Waals surface area contributed by atoms with Gasteiger partial charge in [-0.25, -0.2) is 0 Å². The minimum Gasteiger partial charge on any atom is -0.373 e. The second-order valence-electron chi connectivity index (χ2n) is 7.50. The number of benzene rings is 1. The van der Waals surface area contributed by atoms with E-state index in [1.165, 1.54) is 8.61 Å². The van der Waals surface area contributed by atoms with Crippen molar-refractivity contribution in [2.45, 2.75) is 26.1 Å². The quantitative estimate of drug-likeness (QED) is 0.741. The number of rotatable bonds is 5. The molecular formula is C19H27N5O4S. The zero-order chi connectivity index (χ0) is 21.0. The number of ether oxygens (including phenoxy) is 1. The van der Waals surface area contributed by atoms with Crippen LogP contribution >= 0.6 is 0 Å². The van der Waals surface area contributed by atoms with E-state index in [-0.39, 0.29) is 24.7 Å². The maximum Gasteiger partial charge on any atom is 0.282 e. The SMILES string of the molecule is C[C@@H]1CN(S(=O)(=O)N2CCN(CC(=O)Nc3cccc(C#N)c3)CC2)C[C@H](C)O1. The summed E-state index contributed by atoms with van der Waals surface area (Å²) in [5, 5.41) is 11.7. The van der Waals surface area contributed by atoms with Crippen molar-refractivity contribution in [3.8, 4) is 6.07 Å². The number of hydrogen-bond donors (Lipinski definition) is 1. The molecule has 2 aliphatic rings. The molecule has 2 fully saturated rings. The summed E-state index contributed by atoms with van der Waals surface area (Å²) in [5.41, 5.74) is 1.05. The van der Waals surface area contributed by atoms with Gasteiger partial charge in [-0.3, -0.25) is 9.69 Å². The average Bonchev–Trinajstić information content (AvgIpc) is 2.67. The van der Waals surface area contributed by atoms with E-state index >= 15 is 0 Å². The standard InChI is InChI=1S/C19H27N5O4S/c1-15-12-24(13-16(2)28-15)29(26,27)23-8-6-22(7-9-23)14-19(25)21-18-5-3-4-17(10-18)11-20/h3-5,10,15-16H,6-9,12-14H2,1-2H3,(H,21,25)/t15-,16+. The number of anilines is 1. The van der Waals surface area contributed by atoms with E-state index in [1.54, 1.807) is 24.3 Å². The molecule has 10 heteroatoms. The van der Waals surface area contributed by atoms with E-state index in [0.717, 1.165) is 0 Å². The lowest BCUT2D eigenvalue weighted by Crippen LogP contribution is -2.57. The van der Waals surface area contributed by atoms with Crippen LogP contribution in [0.1, 0.15) is 19.4 Å². The molecule has 0 unspecified atom stereocenters. The van der Waals surface area contributed by atoms with Crippen LogP contribution in [-0.4, -0.2) is 85.9 Å². The van der Waals surface area contributed by atoms with Crippen LogP contribution in [0.3, 0.4) is 0 Å². The Labute approximate surface area is 172 Å². The second-order valence-corrected chi connectivity index (χ2v) is 9.43. The molecule has 0 bridgehead atoms. The lowest BCUT2D eigenvalue weighted by molar-refractivity contribution is -0.117. The van der Waals surface area contributed by atoms with Gasteiger partial charge in [0, 0.05) is 45.0 Å². The minimum absolute atomic E-state index is 0.127. The lowest BCUT2D eigenvalue weighted by Gasteiger charge is -2.40. The number of carbonyl (C=O) groups is 1. The van der Waals surface area contributed by atoms with E-state index in [1.807, 2.05) is 24.8 Å². The molecule has 0 saturated carbocycles. The molecule has 2 aliphatic heterocycles. The summed E-state index contributed by atoms with van der Waals surface area (Å²) >= 11 is 0. The van der Waals surface area contributed by atoms with Gasteiger partial charge in [0.2, 0.25) is 5.91 Å². The fourth-order valence-electron chi connectivity index (χ4n) is 3.67. The number of carbonyl (C=O) groups excluding carboxylic acids is 1. The van der Waals surface area contributed by atoms with E-state index in [9.17, 15) is 13.2 Å². The molecule has 0 radical (unpaired) electrons. The monoisotopic (exact) mass is 421 g/mol. The molecule has 158 valence electrons. The number of piperazine rings is 1. The van der Waals surface area contributed by atoms with E-state index in [2.05, 4.69) is 5.32 Å². The van der Waals surface area contributed by atoms with Gasteiger partial charge in [-0.2, -0.15) is 22.3 Å². The highest BCUT2D eigenvalue weighted by molar-refractivity contribution is 7.86. The zero-order valence-corrected chi connectivity index (χ0v) is 17.6. The molecule has 0 aromatic heterocycles. The Morgan fingerprint density at radius 1 is 1.17 bits per heavy atom. The normalized spacial score (nSPS) is 24.7. The van der Waals surface area contributed by atoms with Crippen LogP contribution < -0.4 is 5.32 Å². The molecule has 2 saturated heterocycles. The summed E-state index contributed by atoms with van der Waals surface area (Å²) in [7, 11) is -3.53. The summed E-state index contributed by atoms with van der Waals surface area (Å²) in [6.45, 7) is 6.31. The number of hydrogen-bond acceptors (Lipinski definition) is 6. The van der Waals surface area contributed by atoms with Crippen molar-refractivity contribution in [3.05, 3.63) is 29.8 Å². The third kappa shape index (κ3) is 5.52. The summed E-state index contributed by atoms with van der Waals surface area (Å²) in [6.07, 6.45) is -0.254. The van der Waals surface area contributed by atoms with Crippen molar-refractivity contribution in [3.63, 3.8) is 0 Å². The molecular weight excluding hydrogens is 394 g/mol. The largest absolute Gasteiger partial charge is 0.373 e. The Morgan fingerprint density at radius 2 is 1.83 bits per heavy atom. The number of nitriles is 1. The first-order chi connectivity index (χ1) is 13.8. The van der Waals surface area contributed by atoms with Gasteiger partial charge in [-0.05, 0) is 32.0 Å². The topological polar surface area (TPSA) is 106 Å². The first-order valence-electron chi connectivity index (χ1n) is 9.71. The van der Waals surface area contributed by atoms with E-state index in [4.69, 9.17) is 10.00 Å². The van der Waals surface area contributed by atoms with Gasteiger partial charge in [-0.1, -0.05) is 6.07 Å². The van der Waals surface area contributed by atoms with Crippen LogP contribution in [0.4, 0.5) is 5.69 Å². The predicted molar refractivity (Wildman–Crippen MR) is 108 cm³/mol. The number of nitrogens with one attached hydrogen (secondary N) is 1. The summed E-state index contributed by atoms with van der Waals surface area (Å²) in [6, 6.07) is 8.77. The highest BCUT2D eigenvalue weighted by Crippen LogP contribution is 2.19. The first kappa shape index (κ1) is 21.7. The van der Waals surface area contributed by atoms with Gasteiger partial charge >= 0.3 is 0 Å². The minimum atomic E-state index is -3.53. The molecule has 0 aliphatic carbocycles. The van der Waals surface area contributed by atoms with E-state index < -0.39 is 10.2 Å². The van der Waals surface area contributed by atoms with Crippen molar-refractivity contribution < 1.29 is 17.9 Å². The molecule has 9 nitrogen and oxygen atoms in total. The average molecular weight is 422 g/mol. The summed E-state index contributed by atoms with van der Waals surface area (Å²) in [5.74, 6) is -0.188.